The van der Waals surface area contributed by atoms with Crippen LogP contribution in [-0.4, -0.2) is 11.8 Å². The lowest BCUT2D eigenvalue weighted by Crippen LogP contribution is -2.39. The number of anilines is 1. The molecule has 0 spiro atoms. The number of fused-ring (bicyclic) bond motifs is 1. The fourth-order valence-corrected chi connectivity index (χ4v) is 2.43. The fourth-order valence-electron chi connectivity index (χ4n) is 1.31. The van der Waals surface area contributed by atoms with Crippen molar-refractivity contribution in [2.24, 2.45) is 0 Å². The fraction of sp³-hybridized carbons (Fsp3) is 0.222. The number of carbonyl (C=O) groups is 1. The largest absolute Gasteiger partial charge is 0.274 e. The Morgan fingerprint density at radius 3 is 3.14 bits per heavy atom. The van der Waals surface area contributed by atoms with Crippen LogP contribution in [-0.2, 0) is 4.79 Å². The van der Waals surface area contributed by atoms with E-state index in [-0.39, 0.29) is 5.91 Å². The lowest BCUT2D eigenvalue weighted by molar-refractivity contribution is -0.119. The molecular formula is C9H9ClN2OS. The lowest BCUT2D eigenvalue weighted by atomic mass is 10.3. The van der Waals surface area contributed by atoms with Gasteiger partial charge < -0.3 is 0 Å². The molecule has 0 atom stereocenters. The first kappa shape index (κ1) is 9.68. The summed E-state index contributed by atoms with van der Waals surface area (Å²) in [6.45, 7) is 1.49. The van der Waals surface area contributed by atoms with Gasteiger partial charge in [-0.2, -0.15) is 0 Å². The second-order valence-electron chi connectivity index (χ2n) is 2.98. The van der Waals surface area contributed by atoms with E-state index in [4.69, 9.17) is 11.6 Å². The number of hydrogen-bond donors (Lipinski definition) is 1. The Hall–Kier alpha value is -0.870. The highest BCUT2D eigenvalue weighted by Crippen LogP contribution is 2.38. The van der Waals surface area contributed by atoms with Gasteiger partial charge in [0.15, 0.2) is 0 Å². The van der Waals surface area contributed by atoms with Crippen LogP contribution in [0.3, 0.4) is 0 Å². The molecule has 5 heteroatoms. The van der Waals surface area contributed by atoms with Gasteiger partial charge in [-0.3, -0.25) is 15.2 Å². The maximum atomic E-state index is 10.9. The van der Waals surface area contributed by atoms with Gasteiger partial charge in [0.1, 0.15) is 0 Å². The van der Waals surface area contributed by atoms with Gasteiger partial charge in [0, 0.05) is 16.8 Å². The molecule has 0 radical (unpaired) electrons. The van der Waals surface area contributed by atoms with E-state index < -0.39 is 0 Å². The van der Waals surface area contributed by atoms with E-state index in [0.29, 0.717) is 5.02 Å². The molecule has 1 aromatic carbocycles. The Labute approximate surface area is 91.4 Å². The highest BCUT2D eigenvalue weighted by molar-refractivity contribution is 7.99. The quantitative estimate of drug-likeness (QED) is 0.800. The molecule has 3 nitrogen and oxygen atoms in total. The zero-order chi connectivity index (χ0) is 10.1. The molecule has 14 heavy (non-hydrogen) atoms. The smallest absolute Gasteiger partial charge is 0.235 e. The van der Waals surface area contributed by atoms with Crippen molar-refractivity contribution in [2.75, 3.05) is 10.9 Å². The van der Waals surface area contributed by atoms with Gasteiger partial charge in [-0.05, 0) is 18.2 Å². The Kier molecular flexibility index (Phi) is 2.56. The average molecular weight is 229 g/mol. The molecule has 2 rings (SSSR count). The molecule has 0 saturated carbocycles. The SMILES string of the molecule is CC(=O)NN1CSc2ccc(Cl)cc21. The minimum Gasteiger partial charge on any atom is -0.274 e. The third-order valence-electron chi connectivity index (χ3n) is 1.85. The number of nitrogens with zero attached hydrogens (tertiary/aromatic N) is 1. The molecule has 0 aromatic heterocycles. The molecule has 0 unspecified atom stereocenters. The van der Waals surface area contributed by atoms with Crippen LogP contribution >= 0.6 is 23.4 Å². The van der Waals surface area contributed by atoms with Crippen molar-refractivity contribution in [1.29, 1.82) is 0 Å². The molecule has 1 aliphatic heterocycles. The van der Waals surface area contributed by atoms with E-state index in [1.807, 2.05) is 18.2 Å². The Morgan fingerprint density at radius 2 is 2.43 bits per heavy atom. The first-order chi connectivity index (χ1) is 6.66. The second-order valence-corrected chi connectivity index (χ2v) is 4.40. The molecule has 1 aliphatic rings. The zero-order valence-corrected chi connectivity index (χ0v) is 9.15. The molecule has 0 aliphatic carbocycles. The van der Waals surface area contributed by atoms with Gasteiger partial charge in [0.05, 0.1) is 11.6 Å². The van der Waals surface area contributed by atoms with Crippen LogP contribution in [0.1, 0.15) is 6.92 Å². The van der Waals surface area contributed by atoms with Crippen molar-refractivity contribution in [3.63, 3.8) is 0 Å². The summed E-state index contributed by atoms with van der Waals surface area (Å²) in [6, 6.07) is 5.67. The second kappa shape index (κ2) is 3.71. The number of thioether (sulfide) groups is 1. The third kappa shape index (κ3) is 1.81. The highest BCUT2D eigenvalue weighted by Gasteiger charge is 2.20. The van der Waals surface area contributed by atoms with Gasteiger partial charge in [-0.15, -0.1) is 11.8 Å². The standard InChI is InChI=1S/C9H9ClN2OS/c1-6(13)11-12-5-14-9-3-2-7(10)4-8(9)12/h2-4H,5H2,1H3,(H,11,13). The molecule has 74 valence electrons. The Morgan fingerprint density at radius 1 is 1.64 bits per heavy atom. The molecule has 0 saturated heterocycles. The number of hydrogen-bond acceptors (Lipinski definition) is 3. The van der Waals surface area contributed by atoms with E-state index in [2.05, 4.69) is 5.43 Å². The molecule has 1 heterocycles. The van der Waals surface area contributed by atoms with Crippen molar-refractivity contribution in [3.05, 3.63) is 23.2 Å². The number of halogens is 1. The summed E-state index contributed by atoms with van der Waals surface area (Å²) in [6.07, 6.45) is 0. The predicted octanol–water partition coefficient (Wildman–Crippen LogP) is 2.26. The number of amides is 1. The molecule has 0 fully saturated rings. The van der Waals surface area contributed by atoms with Crippen molar-refractivity contribution < 1.29 is 4.79 Å². The van der Waals surface area contributed by atoms with Crippen molar-refractivity contribution in [2.45, 2.75) is 11.8 Å². The van der Waals surface area contributed by atoms with Crippen LogP contribution in [0.25, 0.3) is 0 Å². The van der Waals surface area contributed by atoms with Crippen LogP contribution in [0.15, 0.2) is 23.1 Å². The monoisotopic (exact) mass is 228 g/mol. The molecule has 0 bridgehead atoms. The minimum absolute atomic E-state index is 0.0709. The Bertz CT molecular complexity index is 383. The van der Waals surface area contributed by atoms with Crippen molar-refractivity contribution in [1.82, 2.24) is 5.43 Å². The topological polar surface area (TPSA) is 32.3 Å². The minimum atomic E-state index is -0.0709. The maximum absolute atomic E-state index is 10.9. The van der Waals surface area contributed by atoms with Crippen molar-refractivity contribution in [3.8, 4) is 0 Å². The van der Waals surface area contributed by atoms with Crippen molar-refractivity contribution >= 4 is 35.0 Å². The van der Waals surface area contributed by atoms with E-state index in [0.717, 1.165) is 16.5 Å². The van der Waals surface area contributed by atoms with Gasteiger partial charge >= 0.3 is 0 Å². The summed E-state index contributed by atoms with van der Waals surface area (Å²) in [5, 5.41) is 2.48. The summed E-state index contributed by atoms with van der Waals surface area (Å²) < 4.78 is 0. The van der Waals surface area contributed by atoms with E-state index in [1.165, 1.54) is 6.92 Å². The number of hydrazine groups is 1. The number of rotatable bonds is 1. The molecule has 1 N–H and O–H groups in total. The number of nitrogens with one attached hydrogen (secondary N) is 1. The predicted molar refractivity (Wildman–Crippen MR) is 58.5 cm³/mol. The number of benzene rings is 1. The maximum Gasteiger partial charge on any atom is 0.235 e. The average Bonchev–Trinajstić information content (AvgIpc) is 2.47. The normalized spacial score (nSPS) is 14.0. The van der Waals surface area contributed by atoms with Crippen LogP contribution in [0.4, 0.5) is 5.69 Å². The van der Waals surface area contributed by atoms with Gasteiger partial charge in [0.2, 0.25) is 5.91 Å². The summed E-state index contributed by atoms with van der Waals surface area (Å²) >= 11 is 7.56. The van der Waals surface area contributed by atoms with E-state index >= 15 is 0 Å². The summed E-state index contributed by atoms with van der Waals surface area (Å²) in [5.74, 6) is 0.661. The van der Waals surface area contributed by atoms with Crippen LogP contribution < -0.4 is 10.4 Å². The van der Waals surface area contributed by atoms with Gasteiger partial charge in [0.25, 0.3) is 0 Å². The highest BCUT2D eigenvalue weighted by atomic mass is 35.5. The van der Waals surface area contributed by atoms with Crippen LogP contribution in [0.2, 0.25) is 5.02 Å². The molecular weight excluding hydrogens is 220 g/mol. The van der Waals surface area contributed by atoms with Crippen LogP contribution in [0.5, 0.6) is 0 Å². The number of carbonyl (C=O) groups excluding carboxylic acids is 1. The molecule has 1 aromatic rings. The van der Waals surface area contributed by atoms with Gasteiger partial charge in [-0.1, -0.05) is 11.6 Å². The van der Waals surface area contributed by atoms with Crippen LogP contribution in [0, 0.1) is 0 Å². The first-order valence-electron chi connectivity index (χ1n) is 4.14. The lowest BCUT2D eigenvalue weighted by Gasteiger charge is -2.18. The molecule has 1 amide bonds. The summed E-state index contributed by atoms with van der Waals surface area (Å²) in [5.41, 5.74) is 3.71. The van der Waals surface area contributed by atoms with E-state index in [9.17, 15) is 4.79 Å². The zero-order valence-electron chi connectivity index (χ0n) is 7.58. The van der Waals surface area contributed by atoms with Gasteiger partial charge in [-0.25, -0.2) is 0 Å². The van der Waals surface area contributed by atoms with E-state index in [1.54, 1.807) is 16.8 Å². The Balaban J connectivity index is 2.28. The third-order valence-corrected chi connectivity index (χ3v) is 3.13. The first-order valence-corrected chi connectivity index (χ1v) is 5.50. The summed E-state index contributed by atoms with van der Waals surface area (Å²) in [7, 11) is 0. The summed E-state index contributed by atoms with van der Waals surface area (Å²) in [4.78, 5) is 12.0.